The van der Waals surface area contributed by atoms with Gasteiger partial charge in [0, 0.05) is 40.6 Å². The molecule has 0 radical (unpaired) electrons. The molecule has 38 heavy (non-hydrogen) atoms. The zero-order chi connectivity index (χ0) is 26.4. The summed E-state index contributed by atoms with van der Waals surface area (Å²) in [5.41, 5.74) is 5.77. The van der Waals surface area contributed by atoms with Crippen LogP contribution in [-0.2, 0) is 34.3 Å². The highest BCUT2D eigenvalue weighted by Gasteiger charge is 2.39. The SMILES string of the molecule is CCn1c2ccccc2c2cc(NC(=O)[C@H]3Cc4ccccc4CN3S(=O)(=O)c3ccc(C)cc3)ccc21. The number of hydrogen-bond acceptors (Lipinski definition) is 3. The molecule has 0 bridgehead atoms. The molecule has 1 aromatic heterocycles. The number of rotatable bonds is 5. The van der Waals surface area contributed by atoms with Gasteiger partial charge in [-0.2, -0.15) is 4.31 Å². The Bertz CT molecular complexity index is 1790. The van der Waals surface area contributed by atoms with Gasteiger partial charge in [-0.15, -0.1) is 0 Å². The standard InChI is InChI=1S/C31H29N3O3S/c1-3-33-28-11-7-6-10-26(28)27-19-24(14-17-29(27)33)32-31(35)30-18-22-8-4-5-9-23(22)20-34(30)38(36,37)25-15-12-21(2)13-16-25/h4-17,19,30H,3,18,20H2,1-2H3,(H,32,35)/t30-/m1/s1. The van der Waals surface area contributed by atoms with E-state index in [1.807, 2.05) is 61.5 Å². The number of nitrogens with one attached hydrogen (secondary N) is 1. The van der Waals surface area contributed by atoms with Crippen LogP contribution in [0.5, 0.6) is 0 Å². The van der Waals surface area contributed by atoms with E-state index in [0.29, 0.717) is 12.1 Å². The molecule has 1 N–H and O–H groups in total. The van der Waals surface area contributed by atoms with E-state index in [2.05, 4.69) is 28.9 Å². The largest absolute Gasteiger partial charge is 0.341 e. The third-order valence-electron chi connectivity index (χ3n) is 7.49. The van der Waals surface area contributed by atoms with Crippen molar-refractivity contribution in [1.29, 1.82) is 0 Å². The Balaban J connectivity index is 1.38. The van der Waals surface area contributed by atoms with Crippen molar-refractivity contribution in [2.24, 2.45) is 0 Å². The first-order valence-electron chi connectivity index (χ1n) is 12.8. The number of aryl methyl sites for hydroxylation is 2. The number of para-hydroxylation sites is 1. The monoisotopic (exact) mass is 523 g/mol. The first kappa shape index (κ1) is 24.4. The van der Waals surface area contributed by atoms with Crippen LogP contribution >= 0.6 is 0 Å². The van der Waals surface area contributed by atoms with E-state index in [4.69, 9.17) is 0 Å². The summed E-state index contributed by atoms with van der Waals surface area (Å²) in [6, 6.07) is 27.8. The minimum absolute atomic E-state index is 0.146. The van der Waals surface area contributed by atoms with Gasteiger partial charge in [-0.25, -0.2) is 8.42 Å². The zero-order valence-electron chi connectivity index (χ0n) is 21.4. The highest BCUT2D eigenvalue weighted by atomic mass is 32.2. The molecule has 0 saturated heterocycles. The second kappa shape index (κ2) is 9.42. The second-order valence-electron chi connectivity index (χ2n) is 9.83. The molecule has 0 saturated carbocycles. The third-order valence-corrected chi connectivity index (χ3v) is 9.36. The molecule has 192 valence electrons. The lowest BCUT2D eigenvalue weighted by Gasteiger charge is -2.35. The number of hydrogen-bond donors (Lipinski definition) is 1. The first-order chi connectivity index (χ1) is 18.4. The van der Waals surface area contributed by atoms with Crippen LogP contribution in [0.3, 0.4) is 0 Å². The van der Waals surface area contributed by atoms with Crippen LogP contribution in [0.2, 0.25) is 0 Å². The summed E-state index contributed by atoms with van der Waals surface area (Å²) in [5, 5.41) is 5.21. The van der Waals surface area contributed by atoms with E-state index in [0.717, 1.165) is 45.0 Å². The molecule has 6 nitrogen and oxygen atoms in total. The van der Waals surface area contributed by atoms with Gasteiger partial charge in [0.15, 0.2) is 0 Å². The number of carbonyl (C=O) groups is 1. The van der Waals surface area contributed by atoms with Crippen molar-refractivity contribution < 1.29 is 13.2 Å². The van der Waals surface area contributed by atoms with Gasteiger partial charge in [-0.05, 0) is 67.8 Å². The average molecular weight is 524 g/mol. The molecule has 6 rings (SSSR count). The molecule has 0 spiro atoms. The topological polar surface area (TPSA) is 71.4 Å². The van der Waals surface area contributed by atoms with Crippen molar-refractivity contribution in [2.45, 2.75) is 44.3 Å². The maximum atomic E-state index is 13.8. The van der Waals surface area contributed by atoms with Gasteiger partial charge in [0.25, 0.3) is 0 Å². The minimum atomic E-state index is -3.90. The average Bonchev–Trinajstić information content (AvgIpc) is 3.25. The summed E-state index contributed by atoms with van der Waals surface area (Å²) in [6.45, 7) is 5.01. The quantitative estimate of drug-likeness (QED) is 0.313. The Morgan fingerprint density at radius 1 is 0.868 bits per heavy atom. The number of nitrogens with zero attached hydrogens (tertiary/aromatic N) is 2. The van der Waals surface area contributed by atoms with Gasteiger partial charge in [0.1, 0.15) is 6.04 Å². The van der Waals surface area contributed by atoms with Crippen molar-refractivity contribution in [1.82, 2.24) is 8.87 Å². The van der Waals surface area contributed by atoms with E-state index >= 15 is 0 Å². The van der Waals surface area contributed by atoms with Gasteiger partial charge < -0.3 is 9.88 Å². The summed E-state index contributed by atoms with van der Waals surface area (Å²) in [4.78, 5) is 13.9. The molecule has 1 aliphatic rings. The Hall–Kier alpha value is -3.94. The number of anilines is 1. The van der Waals surface area contributed by atoms with Crippen LogP contribution in [0.25, 0.3) is 21.8 Å². The molecule has 1 atom stereocenters. The van der Waals surface area contributed by atoms with Crippen LogP contribution in [0.1, 0.15) is 23.6 Å². The van der Waals surface area contributed by atoms with E-state index in [1.165, 1.54) is 4.31 Å². The lowest BCUT2D eigenvalue weighted by atomic mass is 9.95. The predicted molar refractivity (Wildman–Crippen MR) is 152 cm³/mol. The summed E-state index contributed by atoms with van der Waals surface area (Å²) in [7, 11) is -3.90. The molecular formula is C31H29N3O3S. The molecule has 0 fully saturated rings. The Labute approximate surface area is 222 Å². The summed E-state index contributed by atoms with van der Waals surface area (Å²) < 4.78 is 31.1. The number of amides is 1. The number of fused-ring (bicyclic) bond motifs is 4. The Morgan fingerprint density at radius 3 is 2.32 bits per heavy atom. The predicted octanol–water partition coefficient (Wildman–Crippen LogP) is 5.88. The first-order valence-corrected chi connectivity index (χ1v) is 14.3. The molecule has 0 unspecified atom stereocenters. The van der Waals surface area contributed by atoms with Crippen LogP contribution in [-0.4, -0.2) is 29.2 Å². The summed E-state index contributed by atoms with van der Waals surface area (Å²) in [6.07, 6.45) is 0.310. The minimum Gasteiger partial charge on any atom is -0.341 e. The molecule has 5 aromatic rings. The van der Waals surface area contributed by atoms with Crippen molar-refractivity contribution >= 4 is 43.4 Å². The maximum absolute atomic E-state index is 13.8. The smallest absolute Gasteiger partial charge is 0.244 e. The van der Waals surface area contributed by atoms with Crippen LogP contribution in [0, 0.1) is 6.92 Å². The summed E-state index contributed by atoms with van der Waals surface area (Å²) in [5.74, 6) is -0.339. The summed E-state index contributed by atoms with van der Waals surface area (Å²) >= 11 is 0. The number of aromatic nitrogens is 1. The highest BCUT2D eigenvalue weighted by Crippen LogP contribution is 2.33. The molecular weight excluding hydrogens is 494 g/mol. The number of benzene rings is 4. The van der Waals surface area contributed by atoms with Gasteiger partial charge in [-0.3, -0.25) is 4.79 Å². The zero-order valence-corrected chi connectivity index (χ0v) is 22.2. The number of sulfonamides is 1. The van der Waals surface area contributed by atoms with Gasteiger partial charge in [0.2, 0.25) is 15.9 Å². The van der Waals surface area contributed by atoms with Crippen molar-refractivity contribution in [3.63, 3.8) is 0 Å². The fourth-order valence-corrected chi connectivity index (χ4v) is 7.08. The normalized spacial score (nSPS) is 16.0. The van der Waals surface area contributed by atoms with Gasteiger partial charge >= 0.3 is 0 Å². The molecule has 7 heteroatoms. The Kier molecular flexibility index (Phi) is 6.05. The van der Waals surface area contributed by atoms with Crippen molar-refractivity contribution in [3.05, 3.63) is 108 Å². The highest BCUT2D eigenvalue weighted by molar-refractivity contribution is 7.89. The molecule has 0 aliphatic carbocycles. The van der Waals surface area contributed by atoms with Crippen molar-refractivity contribution in [2.75, 3.05) is 5.32 Å². The van der Waals surface area contributed by atoms with E-state index in [9.17, 15) is 13.2 Å². The molecule has 4 aromatic carbocycles. The fourth-order valence-electron chi connectivity index (χ4n) is 5.52. The lowest BCUT2D eigenvalue weighted by molar-refractivity contribution is -0.120. The number of carbonyl (C=O) groups excluding carboxylic acids is 1. The second-order valence-corrected chi connectivity index (χ2v) is 11.7. The van der Waals surface area contributed by atoms with E-state index < -0.39 is 16.1 Å². The van der Waals surface area contributed by atoms with Crippen LogP contribution in [0.4, 0.5) is 5.69 Å². The van der Waals surface area contributed by atoms with Gasteiger partial charge in [0.05, 0.1) is 4.90 Å². The van der Waals surface area contributed by atoms with Crippen LogP contribution < -0.4 is 5.32 Å². The fraction of sp³-hybridized carbons (Fsp3) is 0.194. The Morgan fingerprint density at radius 2 is 1.55 bits per heavy atom. The van der Waals surface area contributed by atoms with E-state index in [1.54, 1.807) is 24.3 Å². The molecule has 1 aliphatic heterocycles. The maximum Gasteiger partial charge on any atom is 0.244 e. The van der Waals surface area contributed by atoms with Crippen LogP contribution in [0.15, 0.2) is 95.9 Å². The van der Waals surface area contributed by atoms with E-state index in [-0.39, 0.29) is 17.3 Å². The molecule has 1 amide bonds. The lowest BCUT2D eigenvalue weighted by Crippen LogP contribution is -2.50. The van der Waals surface area contributed by atoms with Crippen molar-refractivity contribution in [3.8, 4) is 0 Å². The molecule has 2 heterocycles. The van der Waals surface area contributed by atoms with Gasteiger partial charge in [-0.1, -0.05) is 60.2 Å². The third kappa shape index (κ3) is 4.08.